The molecule has 0 aliphatic heterocycles. The predicted octanol–water partition coefficient (Wildman–Crippen LogP) is 3.61. The van der Waals surface area contributed by atoms with Gasteiger partial charge in [-0.2, -0.15) is 0 Å². The Bertz CT molecular complexity index is 1020. The minimum atomic E-state index is -0.594. The van der Waals surface area contributed by atoms with Gasteiger partial charge in [0.25, 0.3) is 0 Å². The highest BCUT2D eigenvalue weighted by molar-refractivity contribution is 5.93. The summed E-state index contributed by atoms with van der Waals surface area (Å²) in [5.41, 5.74) is 0.918. The van der Waals surface area contributed by atoms with E-state index in [0.717, 1.165) is 31.2 Å². The minimum absolute atomic E-state index is 0.0186. The molecule has 0 saturated carbocycles. The van der Waals surface area contributed by atoms with Gasteiger partial charge in [0.2, 0.25) is 5.43 Å². The standard InChI is InChI=1S/C21H24N4O3/c1-3-5-6-7-12-28-21(27)17-14-25(4-2)20-16(18(17)26)13-23-19(24-20)15-8-10-22-11-9-15/h8-11,13-14H,3-7,12H2,1-2H3. The number of aryl methyl sites for hydroxylation is 1. The Morgan fingerprint density at radius 3 is 2.64 bits per heavy atom. The maximum Gasteiger partial charge on any atom is 0.343 e. The van der Waals surface area contributed by atoms with Crippen molar-refractivity contribution >= 4 is 17.0 Å². The van der Waals surface area contributed by atoms with E-state index in [2.05, 4.69) is 21.9 Å². The van der Waals surface area contributed by atoms with Crippen LogP contribution in [0.15, 0.2) is 41.7 Å². The molecule has 0 atom stereocenters. The molecule has 3 aromatic heterocycles. The van der Waals surface area contributed by atoms with Crippen LogP contribution in [0.1, 0.15) is 49.9 Å². The topological polar surface area (TPSA) is 87.0 Å². The fourth-order valence-corrected chi connectivity index (χ4v) is 2.97. The van der Waals surface area contributed by atoms with E-state index >= 15 is 0 Å². The van der Waals surface area contributed by atoms with E-state index in [-0.39, 0.29) is 5.56 Å². The fourth-order valence-electron chi connectivity index (χ4n) is 2.97. The van der Waals surface area contributed by atoms with Crippen molar-refractivity contribution in [1.29, 1.82) is 0 Å². The summed E-state index contributed by atoms with van der Waals surface area (Å²) in [6, 6.07) is 3.61. The SMILES string of the molecule is CCCCCCOC(=O)c1cn(CC)c2nc(-c3ccncc3)ncc2c1=O. The van der Waals surface area contributed by atoms with Crippen molar-refractivity contribution in [2.75, 3.05) is 6.61 Å². The number of fused-ring (bicyclic) bond motifs is 1. The molecule has 0 amide bonds. The molecule has 3 rings (SSSR count). The van der Waals surface area contributed by atoms with E-state index in [0.29, 0.717) is 30.0 Å². The van der Waals surface area contributed by atoms with Gasteiger partial charge >= 0.3 is 5.97 Å². The molecular formula is C21H24N4O3. The summed E-state index contributed by atoms with van der Waals surface area (Å²) in [7, 11) is 0. The number of esters is 1. The van der Waals surface area contributed by atoms with Gasteiger partial charge in [-0.3, -0.25) is 9.78 Å². The van der Waals surface area contributed by atoms with Crippen LogP contribution < -0.4 is 5.43 Å². The molecule has 0 radical (unpaired) electrons. The molecule has 0 N–H and O–H groups in total. The second-order valence-electron chi connectivity index (χ2n) is 6.52. The van der Waals surface area contributed by atoms with Crippen molar-refractivity contribution in [1.82, 2.24) is 19.5 Å². The van der Waals surface area contributed by atoms with Crippen LogP contribution in [0.5, 0.6) is 0 Å². The van der Waals surface area contributed by atoms with E-state index in [9.17, 15) is 9.59 Å². The van der Waals surface area contributed by atoms with Crippen molar-refractivity contribution in [2.45, 2.75) is 46.1 Å². The van der Waals surface area contributed by atoms with Crippen LogP contribution in [0.4, 0.5) is 0 Å². The summed E-state index contributed by atoms with van der Waals surface area (Å²) in [6.45, 7) is 4.93. The fraction of sp³-hybridized carbons (Fsp3) is 0.381. The monoisotopic (exact) mass is 380 g/mol. The molecule has 28 heavy (non-hydrogen) atoms. The molecule has 0 unspecified atom stereocenters. The first-order valence-corrected chi connectivity index (χ1v) is 9.63. The summed E-state index contributed by atoms with van der Waals surface area (Å²) in [4.78, 5) is 38.1. The van der Waals surface area contributed by atoms with Gasteiger partial charge in [0.05, 0.1) is 12.0 Å². The molecular weight excluding hydrogens is 356 g/mol. The number of carbonyl (C=O) groups excluding carboxylic acids is 1. The Labute approximate surface area is 163 Å². The maximum absolute atomic E-state index is 12.8. The Morgan fingerprint density at radius 2 is 1.93 bits per heavy atom. The lowest BCUT2D eigenvalue weighted by Crippen LogP contribution is -2.22. The zero-order valence-corrected chi connectivity index (χ0v) is 16.2. The number of hydrogen-bond donors (Lipinski definition) is 0. The van der Waals surface area contributed by atoms with Gasteiger partial charge < -0.3 is 9.30 Å². The molecule has 0 aliphatic carbocycles. The molecule has 3 heterocycles. The first-order chi connectivity index (χ1) is 13.7. The van der Waals surface area contributed by atoms with Crippen molar-refractivity contribution in [3.05, 3.63) is 52.7 Å². The third-order valence-electron chi connectivity index (χ3n) is 4.55. The van der Waals surface area contributed by atoms with Gasteiger partial charge in [-0.15, -0.1) is 0 Å². The number of aromatic nitrogens is 4. The number of nitrogens with zero attached hydrogens (tertiary/aromatic N) is 4. The van der Waals surface area contributed by atoms with Crippen LogP contribution in [-0.4, -0.2) is 32.1 Å². The third kappa shape index (κ3) is 4.24. The van der Waals surface area contributed by atoms with Gasteiger partial charge in [0.1, 0.15) is 11.2 Å². The molecule has 0 aliphatic rings. The third-order valence-corrected chi connectivity index (χ3v) is 4.55. The molecule has 0 aromatic carbocycles. The van der Waals surface area contributed by atoms with Gasteiger partial charge in [-0.25, -0.2) is 14.8 Å². The number of carbonyl (C=O) groups is 1. The van der Waals surface area contributed by atoms with E-state index in [1.807, 2.05) is 6.92 Å². The van der Waals surface area contributed by atoms with Gasteiger partial charge in [-0.1, -0.05) is 26.2 Å². The summed E-state index contributed by atoms with van der Waals surface area (Å²) in [5, 5.41) is 0.306. The van der Waals surface area contributed by atoms with E-state index < -0.39 is 11.4 Å². The first kappa shape index (κ1) is 19.7. The van der Waals surface area contributed by atoms with Crippen LogP contribution in [0.3, 0.4) is 0 Å². The molecule has 7 heteroatoms. The Morgan fingerprint density at radius 1 is 1.14 bits per heavy atom. The Kier molecular flexibility index (Phi) is 6.47. The van der Waals surface area contributed by atoms with Crippen LogP contribution in [0.2, 0.25) is 0 Å². The number of unbranched alkanes of at least 4 members (excludes halogenated alkanes) is 3. The predicted molar refractivity (Wildman–Crippen MR) is 107 cm³/mol. The van der Waals surface area contributed by atoms with E-state index in [1.54, 1.807) is 29.1 Å². The minimum Gasteiger partial charge on any atom is -0.462 e. The molecule has 0 fully saturated rings. The number of pyridine rings is 2. The normalized spacial score (nSPS) is 10.9. The van der Waals surface area contributed by atoms with Crippen molar-refractivity contribution < 1.29 is 9.53 Å². The van der Waals surface area contributed by atoms with Gasteiger partial charge in [-0.05, 0) is 25.5 Å². The van der Waals surface area contributed by atoms with Crippen LogP contribution >= 0.6 is 0 Å². The van der Waals surface area contributed by atoms with Crippen LogP contribution in [-0.2, 0) is 11.3 Å². The summed E-state index contributed by atoms with van der Waals surface area (Å²) in [5.74, 6) is -0.0911. The highest BCUT2D eigenvalue weighted by atomic mass is 16.5. The molecule has 146 valence electrons. The lowest BCUT2D eigenvalue weighted by molar-refractivity contribution is 0.0495. The first-order valence-electron chi connectivity index (χ1n) is 9.63. The summed E-state index contributed by atoms with van der Waals surface area (Å²) >= 11 is 0. The Hall–Kier alpha value is -3.09. The van der Waals surface area contributed by atoms with Crippen LogP contribution in [0.25, 0.3) is 22.4 Å². The van der Waals surface area contributed by atoms with E-state index in [4.69, 9.17) is 4.74 Å². The van der Waals surface area contributed by atoms with Crippen molar-refractivity contribution in [3.63, 3.8) is 0 Å². The molecule has 0 spiro atoms. The maximum atomic E-state index is 12.8. The quantitative estimate of drug-likeness (QED) is 0.438. The lowest BCUT2D eigenvalue weighted by atomic mass is 10.2. The van der Waals surface area contributed by atoms with Gasteiger partial charge in [0, 0.05) is 36.9 Å². The van der Waals surface area contributed by atoms with Gasteiger partial charge in [0.15, 0.2) is 5.82 Å². The molecule has 0 bridgehead atoms. The summed E-state index contributed by atoms with van der Waals surface area (Å²) in [6.07, 6.45) is 10.4. The van der Waals surface area contributed by atoms with Crippen LogP contribution in [0, 0.1) is 0 Å². The zero-order chi connectivity index (χ0) is 19.9. The van der Waals surface area contributed by atoms with Crippen molar-refractivity contribution in [3.8, 4) is 11.4 Å². The Balaban J connectivity index is 1.93. The van der Waals surface area contributed by atoms with E-state index in [1.165, 1.54) is 12.4 Å². The average Bonchev–Trinajstić information content (AvgIpc) is 2.74. The number of ether oxygens (including phenoxy) is 1. The lowest BCUT2D eigenvalue weighted by Gasteiger charge is -2.11. The molecule has 3 aromatic rings. The summed E-state index contributed by atoms with van der Waals surface area (Å²) < 4.78 is 7.07. The molecule has 7 nitrogen and oxygen atoms in total. The highest BCUT2D eigenvalue weighted by Gasteiger charge is 2.18. The highest BCUT2D eigenvalue weighted by Crippen LogP contribution is 2.17. The second kappa shape index (κ2) is 9.21. The zero-order valence-electron chi connectivity index (χ0n) is 16.2. The molecule has 0 saturated heterocycles. The smallest absolute Gasteiger partial charge is 0.343 e. The second-order valence-corrected chi connectivity index (χ2v) is 6.52. The largest absolute Gasteiger partial charge is 0.462 e. The number of rotatable bonds is 8. The average molecular weight is 380 g/mol. The van der Waals surface area contributed by atoms with Crippen molar-refractivity contribution in [2.24, 2.45) is 0 Å². The number of hydrogen-bond acceptors (Lipinski definition) is 6.